The Bertz CT molecular complexity index is 509. The molecule has 1 saturated heterocycles. The molecule has 0 bridgehead atoms. The molecule has 0 spiro atoms. The Kier molecular flexibility index (Phi) is 5.83. The average Bonchev–Trinajstić information content (AvgIpc) is 2.52. The van der Waals surface area contributed by atoms with Gasteiger partial charge in [0.2, 0.25) is 0 Å². The Morgan fingerprint density at radius 2 is 1.96 bits per heavy atom. The molecule has 4 atom stereocenters. The van der Waals surface area contributed by atoms with Crippen molar-refractivity contribution in [2.45, 2.75) is 43.2 Å². The van der Waals surface area contributed by atoms with E-state index >= 15 is 0 Å². The first kappa shape index (κ1) is 18.0. The lowest BCUT2D eigenvalue weighted by atomic mass is 9.82. The number of rotatable bonds is 6. The van der Waals surface area contributed by atoms with Gasteiger partial charge in [0.15, 0.2) is 11.5 Å². The van der Waals surface area contributed by atoms with Gasteiger partial charge in [-0.25, -0.2) is 0 Å². The smallest absolute Gasteiger partial charge is 0.160 e. The monoisotopic (exact) mass is 328 g/mol. The maximum atomic E-state index is 10.4. The summed E-state index contributed by atoms with van der Waals surface area (Å²) in [4.78, 5) is 0. The third-order valence-electron chi connectivity index (χ3n) is 4.28. The normalized spacial score (nSPS) is 29.3. The lowest BCUT2D eigenvalue weighted by molar-refractivity contribution is -0.224. The Balaban J connectivity index is 1.93. The maximum Gasteiger partial charge on any atom is 0.160 e. The molecule has 0 amide bonds. The van der Waals surface area contributed by atoms with Gasteiger partial charge >= 0.3 is 0 Å². The Morgan fingerprint density at radius 1 is 1.30 bits per heavy atom. The lowest BCUT2D eigenvalue weighted by Crippen LogP contribution is -2.60. The highest BCUT2D eigenvalue weighted by Crippen LogP contribution is 2.29. The molecule has 23 heavy (non-hydrogen) atoms. The lowest BCUT2D eigenvalue weighted by Gasteiger charge is -2.41. The van der Waals surface area contributed by atoms with E-state index in [9.17, 15) is 25.5 Å². The van der Waals surface area contributed by atoms with Crippen LogP contribution in [-0.4, -0.2) is 69.8 Å². The van der Waals surface area contributed by atoms with Crippen LogP contribution in [0.3, 0.4) is 0 Å². The molecule has 7 heteroatoms. The highest BCUT2D eigenvalue weighted by molar-refractivity contribution is 5.41. The van der Waals surface area contributed by atoms with Crippen molar-refractivity contribution in [3.05, 3.63) is 23.8 Å². The predicted molar refractivity (Wildman–Crippen MR) is 81.4 cm³/mol. The van der Waals surface area contributed by atoms with Crippen LogP contribution in [0.2, 0.25) is 0 Å². The molecule has 130 valence electrons. The van der Waals surface area contributed by atoms with Gasteiger partial charge in [-0.2, -0.15) is 0 Å². The molecule has 1 aliphatic heterocycles. The van der Waals surface area contributed by atoms with Crippen molar-refractivity contribution in [1.29, 1.82) is 0 Å². The second-order valence-electron chi connectivity index (χ2n) is 5.96. The molecule has 1 fully saturated rings. The van der Waals surface area contributed by atoms with Gasteiger partial charge in [-0.15, -0.1) is 0 Å². The number of aromatic hydroxyl groups is 1. The minimum Gasteiger partial charge on any atom is -0.504 e. The van der Waals surface area contributed by atoms with Crippen molar-refractivity contribution in [3.8, 4) is 11.5 Å². The Morgan fingerprint density at radius 3 is 2.57 bits per heavy atom. The zero-order chi connectivity index (χ0) is 17.0. The van der Waals surface area contributed by atoms with Crippen molar-refractivity contribution < 1.29 is 35.0 Å². The van der Waals surface area contributed by atoms with Crippen molar-refractivity contribution in [2.24, 2.45) is 0 Å². The highest BCUT2D eigenvalue weighted by atomic mass is 16.5. The standard InChI is InChI=1S/C16H24O7/c1-22-13-6-10(3-5-12(13)18)2-4-11(17)7-16(21)14(19)8-23-9-15(16)20/h3,5-6,11,14-15,17-21H,2,4,7-9H2,1H3/t11?,14-,15+,16?. The Hall–Kier alpha value is -1.38. The number of phenols is 1. The summed E-state index contributed by atoms with van der Waals surface area (Å²) in [6.07, 6.45) is -2.70. The first-order valence-electron chi connectivity index (χ1n) is 7.57. The van der Waals surface area contributed by atoms with E-state index in [1.165, 1.54) is 13.2 Å². The van der Waals surface area contributed by atoms with Gasteiger partial charge in [0.05, 0.1) is 26.4 Å². The highest BCUT2D eigenvalue weighted by Gasteiger charge is 2.47. The summed E-state index contributed by atoms with van der Waals surface area (Å²) in [5.74, 6) is 0.394. The van der Waals surface area contributed by atoms with Crippen LogP contribution >= 0.6 is 0 Å². The SMILES string of the molecule is COc1cc(CCC(O)CC2(O)[C@H](O)COC[C@@H]2O)ccc1O. The fraction of sp³-hybridized carbons (Fsp3) is 0.625. The zero-order valence-corrected chi connectivity index (χ0v) is 13.1. The molecule has 0 aromatic heterocycles. The van der Waals surface area contributed by atoms with Gasteiger partial charge in [0.25, 0.3) is 0 Å². The number of hydrogen-bond donors (Lipinski definition) is 5. The third kappa shape index (κ3) is 4.13. The van der Waals surface area contributed by atoms with E-state index in [4.69, 9.17) is 9.47 Å². The van der Waals surface area contributed by atoms with E-state index in [1.807, 2.05) is 0 Å². The molecular weight excluding hydrogens is 304 g/mol. The summed E-state index contributed by atoms with van der Waals surface area (Å²) in [6.45, 7) is -0.148. The number of aryl methyl sites for hydroxylation is 1. The van der Waals surface area contributed by atoms with Crippen LogP contribution in [0.1, 0.15) is 18.4 Å². The van der Waals surface area contributed by atoms with E-state index < -0.39 is 23.9 Å². The fourth-order valence-corrected chi connectivity index (χ4v) is 2.76. The molecule has 1 aromatic rings. The van der Waals surface area contributed by atoms with Gasteiger partial charge in [-0.05, 0) is 30.5 Å². The second kappa shape index (κ2) is 7.46. The third-order valence-corrected chi connectivity index (χ3v) is 4.28. The molecule has 1 aliphatic rings. The van der Waals surface area contributed by atoms with Gasteiger partial charge < -0.3 is 35.0 Å². The van der Waals surface area contributed by atoms with Gasteiger partial charge in [0.1, 0.15) is 17.8 Å². The van der Waals surface area contributed by atoms with Gasteiger partial charge in [0, 0.05) is 6.42 Å². The fourth-order valence-electron chi connectivity index (χ4n) is 2.76. The van der Waals surface area contributed by atoms with Crippen molar-refractivity contribution >= 4 is 0 Å². The number of aliphatic hydroxyl groups is 4. The van der Waals surface area contributed by atoms with Crippen LogP contribution in [0, 0.1) is 0 Å². The summed E-state index contributed by atoms with van der Waals surface area (Å²) in [5.41, 5.74) is -0.914. The number of hydrogen-bond acceptors (Lipinski definition) is 7. The van der Waals surface area contributed by atoms with Crippen molar-refractivity contribution in [2.75, 3.05) is 20.3 Å². The van der Waals surface area contributed by atoms with Crippen LogP contribution in [0.25, 0.3) is 0 Å². The van der Waals surface area contributed by atoms with Crippen LogP contribution in [0.4, 0.5) is 0 Å². The molecule has 2 unspecified atom stereocenters. The van der Waals surface area contributed by atoms with Crippen LogP contribution in [-0.2, 0) is 11.2 Å². The van der Waals surface area contributed by atoms with E-state index in [1.54, 1.807) is 12.1 Å². The average molecular weight is 328 g/mol. The largest absolute Gasteiger partial charge is 0.504 e. The topological polar surface area (TPSA) is 120 Å². The molecule has 7 nitrogen and oxygen atoms in total. The minimum absolute atomic E-state index is 0.0413. The van der Waals surface area contributed by atoms with Crippen molar-refractivity contribution in [3.63, 3.8) is 0 Å². The number of methoxy groups -OCH3 is 1. The second-order valence-corrected chi connectivity index (χ2v) is 5.96. The zero-order valence-electron chi connectivity index (χ0n) is 13.1. The summed E-state index contributed by atoms with van der Waals surface area (Å²) < 4.78 is 9.98. The first-order chi connectivity index (χ1) is 10.9. The summed E-state index contributed by atoms with van der Waals surface area (Å²) in [7, 11) is 1.46. The van der Waals surface area contributed by atoms with Crippen LogP contribution in [0.15, 0.2) is 18.2 Å². The Labute approximate surface area is 134 Å². The molecule has 0 radical (unpaired) electrons. The van der Waals surface area contributed by atoms with E-state index in [0.717, 1.165) is 5.56 Å². The first-order valence-corrected chi connectivity index (χ1v) is 7.57. The summed E-state index contributed by atoms with van der Waals surface area (Å²) >= 11 is 0. The van der Waals surface area contributed by atoms with Gasteiger partial charge in [-0.3, -0.25) is 0 Å². The van der Waals surface area contributed by atoms with Crippen molar-refractivity contribution in [1.82, 2.24) is 0 Å². The van der Waals surface area contributed by atoms with Gasteiger partial charge in [-0.1, -0.05) is 6.07 Å². The molecule has 0 saturated carbocycles. The minimum atomic E-state index is -1.77. The quantitative estimate of drug-likeness (QED) is 0.480. The molecular formula is C16H24O7. The molecule has 2 rings (SSSR count). The number of aliphatic hydroxyl groups excluding tert-OH is 3. The van der Waals surface area contributed by atoms with Crippen LogP contribution in [0.5, 0.6) is 11.5 Å². The number of phenolic OH excluding ortho intramolecular Hbond substituents is 1. The molecule has 1 aromatic carbocycles. The summed E-state index contributed by atoms with van der Waals surface area (Å²) in [5, 5.41) is 49.8. The summed E-state index contributed by atoms with van der Waals surface area (Å²) in [6, 6.07) is 4.91. The molecule has 1 heterocycles. The van der Waals surface area contributed by atoms with E-state index in [2.05, 4.69) is 0 Å². The van der Waals surface area contributed by atoms with Crippen LogP contribution < -0.4 is 4.74 Å². The predicted octanol–water partition coefficient (Wildman–Crippen LogP) is -0.433. The van der Waals surface area contributed by atoms with E-state index in [-0.39, 0.29) is 25.4 Å². The number of benzene rings is 1. The molecule has 5 N–H and O–H groups in total. The van der Waals surface area contributed by atoms with E-state index in [0.29, 0.717) is 18.6 Å². The number of ether oxygens (including phenoxy) is 2. The molecule has 0 aliphatic carbocycles. The maximum absolute atomic E-state index is 10.4.